The number of urea groups is 1. The Morgan fingerprint density at radius 3 is 2.42 bits per heavy atom. The zero-order valence-corrected chi connectivity index (χ0v) is 14.3. The molecule has 24 heavy (non-hydrogen) atoms. The smallest absolute Gasteiger partial charge is 0.369 e. The largest absolute Gasteiger partial charge is 0.475 e. The number of anilines is 1. The van der Waals surface area contributed by atoms with Gasteiger partial charge in [-0.05, 0) is 45.0 Å². The van der Waals surface area contributed by atoms with Crippen molar-refractivity contribution in [2.75, 3.05) is 18.4 Å². The van der Waals surface area contributed by atoms with E-state index in [1.807, 2.05) is 20.8 Å². The number of benzene rings is 1. The van der Waals surface area contributed by atoms with Crippen molar-refractivity contribution in [3.8, 4) is 0 Å². The van der Waals surface area contributed by atoms with Gasteiger partial charge in [0.05, 0.1) is 18.2 Å². The van der Waals surface area contributed by atoms with Crippen molar-refractivity contribution in [1.82, 2.24) is 4.90 Å². The van der Waals surface area contributed by atoms with Gasteiger partial charge in [-0.1, -0.05) is 0 Å². The molecule has 1 fully saturated rings. The van der Waals surface area contributed by atoms with Crippen LogP contribution in [0.25, 0.3) is 0 Å². The first kappa shape index (κ1) is 18.7. The monoisotopic (exact) mass is 364 g/mol. The number of alkyl halides is 3. The Morgan fingerprint density at radius 1 is 1.33 bits per heavy atom. The number of amides is 2. The highest BCUT2D eigenvalue weighted by Gasteiger charge is 2.38. The molecule has 1 aromatic carbocycles. The Hall–Kier alpha value is -1.61. The van der Waals surface area contributed by atoms with Crippen LogP contribution in [0.15, 0.2) is 29.2 Å². The van der Waals surface area contributed by atoms with Gasteiger partial charge < -0.3 is 15.0 Å². The number of morpholine rings is 1. The predicted octanol–water partition coefficient (Wildman–Crippen LogP) is 3.35. The fraction of sp³-hybridized carbons (Fsp3) is 0.533. The molecule has 0 bridgehead atoms. The normalized spacial score (nSPS) is 22.1. The minimum Gasteiger partial charge on any atom is -0.369 e. The third-order valence-electron chi connectivity index (χ3n) is 3.39. The molecule has 1 saturated heterocycles. The number of carbonyl (C=O) groups excluding carboxylic acids is 1. The Balaban J connectivity index is 2.03. The quantitative estimate of drug-likeness (QED) is 0.876. The molecule has 9 heteroatoms. The summed E-state index contributed by atoms with van der Waals surface area (Å²) in [6.45, 7) is 6.45. The first-order valence-electron chi connectivity index (χ1n) is 7.30. The fourth-order valence-electron chi connectivity index (χ4n) is 2.61. The molecule has 0 radical (unpaired) electrons. The summed E-state index contributed by atoms with van der Waals surface area (Å²) in [6.07, 6.45) is -0.115. The zero-order valence-electron chi connectivity index (χ0n) is 13.5. The number of nitrogens with one attached hydrogen (secondary N) is 1. The van der Waals surface area contributed by atoms with Crippen molar-refractivity contribution in [2.24, 2.45) is 0 Å². The molecule has 0 saturated carbocycles. The van der Waals surface area contributed by atoms with E-state index in [2.05, 4.69) is 5.32 Å². The van der Waals surface area contributed by atoms with Crippen LogP contribution in [0.3, 0.4) is 0 Å². The molecule has 0 aromatic heterocycles. The lowest BCUT2D eigenvalue weighted by atomic mass is 10.1. The van der Waals surface area contributed by atoms with Crippen LogP contribution < -0.4 is 5.32 Å². The van der Waals surface area contributed by atoms with Crippen LogP contribution in [-0.4, -0.2) is 45.4 Å². The molecule has 0 aliphatic carbocycles. The summed E-state index contributed by atoms with van der Waals surface area (Å²) in [5.74, 6) is 0. The van der Waals surface area contributed by atoms with Gasteiger partial charge in [0.2, 0.25) is 0 Å². The average molecular weight is 364 g/mol. The molecule has 1 aliphatic rings. The van der Waals surface area contributed by atoms with E-state index in [4.69, 9.17) is 4.74 Å². The van der Waals surface area contributed by atoms with Crippen molar-refractivity contribution in [1.29, 1.82) is 0 Å². The third kappa shape index (κ3) is 4.70. The average Bonchev–Trinajstić information content (AvgIpc) is 2.44. The molecule has 1 heterocycles. The van der Waals surface area contributed by atoms with Crippen LogP contribution in [0.4, 0.5) is 23.7 Å². The Kier molecular flexibility index (Phi) is 5.24. The van der Waals surface area contributed by atoms with Gasteiger partial charge in [0.1, 0.15) is 0 Å². The Morgan fingerprint density at radius 2 is 1.92 bits per heavy atom. The van der Waals surface area contributed by atoms with Crippen LogP contribution in [0, 0.1) is 0 Å². The summed E-state index contributed by atoms with van der Waals surface area (Å²) in [4.78, 5) is 13.5. The van der Waals surface area contributed by atoms with Gasteiger partial charge in [-0.3, -0.25) is 0 Å². The lowest BCUT2D eigenvalue weighted by Gasteiger charge is -2.41. The lowest BCUT2D eigenvalue weighted by molar-refractivity contribution is -0.116. The van der Waals surface area contributed by atoms with E-state index in [1.165, 1.54) is 12.1 Å². The van der Waals surface area contributed by atoms with E-state index < -0.39 is 21.9 Å². The summed E-state index contributed by atoms with van der Waals surface area (Å²) >= 11 is 0. The van der Waals surface area contributed by atoms with E-state index in [9.17, 15) is 22.2 Å². The number of hydrogen-bond acceptors (Lipinski definition) is 3. The van der Waals surface area contributed by atoms with Gasteiger partial charge in [0, 0.05) is 17.1 Å². The van der Waals surface area contributed by atoms with E-state index in [0.29, 0.717) is 18.8 Å². The third-order valence-corrected chi connectivity index (χ3v) is 4.51. The standard InChI is InChI=1S/C15H19F3N2O3S/c1-10-8-20(9-14(2,3)23-10)13(21)19-11-4-6-12(7-5-11)24(22)15(16,17)18/h4-7,10H,8-9H2,1-3H3,(H,19,21)/t10-,24+/m0/s1. The molecule has 2 amide bonds. The number of nitrogens with zero attached hydrogens (tertiary/aromatic N) is 1. The van der Waals surface area contributed by atoms with Crippen LogP contribution in [0.5, 0.6) is 0 Å². The summed E-state index contributed by atoms with van der Waals surface area (Å²) < 4.78 is 54.2. The van der Waals surface area contributed by atoms with Crippen LogP contribution in [0.2, 0.25) is 0 Å². The Bertz CT molecular complexity index is 632. The van der Waals surface area contributed by atoms with Gasteiger partial charge in [0.25, 0.3) is 0 Å². The van der Waals surface area contributed by atoms with Crippen molar-refractivity contribution >= 4 is 22.5 Å². The maximum Gasteiger partial charge on any atom is 0.475 e. The van der Waals surface area contributed by atoms with Gasteiger partial charge in [-0.25, -0.2) is 9.00 Å². The lowest BCUT2D eigenvalue weighted by Crippen LogP contribution is -2.54. The SMILES string of the molecule is C[C@H]1CN(C(=O)Nc2ccc([S@@](=O)C(F)(F)F)cc2)CC(C)(C)O1. The zero-order chi connectivity index (χ0) is 18.1. The molecule has 1 aliphatic heterocycles. The van der Waals surface area contributed by atoms with Gasteiger partial charge in [-0.2, -0.15) is 13.2 Å². The second-order valence-electron chi connectivity index (χ2n) is 6.24. The van der Waals surface area contributed by atoms with Gasteiger partial charge >= 0.3 is 11.5 Å². The van der Waals surface area contributed by atoms with Crippen molar-refractivity contribution in [3.05, 3.63) is 24.3 Å². The predicted molar refractivity (Wildman–Crippen MR) is 84.1 cm³/mol. The van der Waals surface area contributed by atoms with Crippen molar-refractivity contribution in [3.63, 3.8) is 0 Å². The van der Waals surface area contributed by atoms with E-state index in [0.717, 1.165) is 12.1 Å². The second-order valence-corrected chi connectivity index (χ2v) is 7.71. The van der Waals surface area contributed by atoms with Gasteiger partial charge in [-0.15, -0.1) is 0 Å². The van der Waals surface area contributed by atoms with E-state index in [-0.39, 0.29) is 17.0 Å². The molecule has 5 nitrogen and oxygen atoms in total. The van der Waals surface area contributed by atoms with Crippen LogP contribution in [-0.2, 0) is 15.5 Å². The second kappa shape index (κ2) is 6.72. The van der Waals surface area contributed by atoms with Crippen molar-refractivity contribution < 1.29 is 26.9 Å². The molecule has 0 unspecified atom stereocenters. The van der Waals surface area contributed by atoms with E-state index in [1.54, 1.807) is 4.90 Å². The highest BCUT2D eigenvalue weighted by atomic mass is 32.2. The first-order chi connectivity index (χ1) is 11.0. The molecule has 2 rings (SSSR count). The molecule has 1 aromatic rings. The maximum atomic E-state index is 12.4. The van der Waals surface area contributed by atoms with Crippen molar-refractivity contribution in [2.45, 2.75) is 42.9 Å². The molecular formula is C15H19F3N2O3S. The summed E-state index contributed by atoms with van der Waals surface area (Å²) in [7, 11) is -3.08. The number of rotatable bonds is 2. The number of ether oxygens (including phenoxy) is 1. The topological polar surface area (TPSA) is 58.6 Å². The van der Waals surface area contributed by atoms with E-state index >= 15 is 0 Å². The first-order valence-corrected chi connectivity index (χ1v) is 8.45. The summed E-state index contributed by atoms with van der Waals surface area (Å²) in [5, 5.41) is 2.63. The molecular weight excluding hydrogens is 345 g/mol. The number of halogens is 3. The van der Waals surface area contributed by atoms with Crippen LogP contribution >= 0.6 is 0 Å². The fourth-order valence-corrected chi connectivity index (χ4v) is 3.26. The summed E-state index contributed by atoms with van der Waals surface area (Å²) in [6, 6.07) is 4.41. The molecule has 1 N–H and O–H groups in total. The molecule has 134 valence electrons. The van der Waals surface area contributed by atoms with Crippen LogP contribution in [0.1, 0.15) is 20.8 Å². The highest BCUT2D eigenvalue weighted by Crippen LogP contribution is 2.27. The number of hydrogen-bond donors (Lipinski definition) is 1. The summed E-state index contributed by atoms with van der Waals surface area (Å²) in [5.41, 5.74) is -4.94. The molecule has 0 spiro atoms. The maximum absolute atomic E-state index is 12.4. The Labute approximate surface area is 140 Å². The highest BCUT2D eigenvalue weighted by molar-refractivity contribution is 7.86. The number of carbonyl (C=O) groups is 1. The minimum absolute atomic E-state index is 0.115. The minimum atomic E-state index is -4.81. The van der Waals surface area contributed by atoms with Gasteiger partial charge in [0.15, 0.2) is 10.8 Å². The molecule has 2 atom stereocenters.